The SMILES string of the molecule is CCC(CC)S(=O)(=O)O.CCCS(=O)(=O)OCC. The maximum absolute atomic E-state index is 10.6. The lowest BCUT2D eigenvalue weighted by Crippen LogP contribution is -2.17. The Hall–Kier alpha value is -0.180. The van der Waals surface area contributed by atoms with Crippen LogP contribution in [0.4, 0.5) is 0 Å². The molecule has 0 spiro atoms. The van der Waals surface area contributed by atoms with Crippen LogP contribution in [-0.2, 0) is 24.4 Å². The third-order valence-electron chi connectivity index (χ3n) is 2.08. The molecule has 0 aliphatic rings. The van der Waals surface area contributed by atoms with Gasteiger partial charge in [0.15, 0.2) is 0 Å². The van der Waals surface area contributed by atoms with Crippen molar-refractivity contribution < 1.29 is 25.6 Å². The fourth-order valence-electron chi connectivity index (χ4n) is 1.20. The van der Waals surface area contributed by atoms with E-state index in [0.717, 1.165) is 0 Å². The molecule has 0 amide bonds. The van der Waals surface area contributed by atoms with Crippen LogP contribution in [0, 0.1) is 0 Å². The largest absolute Gasteiger partial charge is 0.285 e. The van der Waals surface area contributed by atoms with E-state index in [9.17, 15) is 16.8 Å². The Morgan fingerprint density at radius 3 is 1.61 bits per heavy atom. The number of hydrogen-bond donors (Lipinski definition) is 1. The summed E-state index contributed by atoms with van der Waals surface area (Å²) >= 11 is 0. The second-order valence-electron chi connectivity index (χ2n) is 3.62. The summed E-state index contributed by atoms with van der Waals surface area (Å²) in [4.78, 5) is 0. The third-order valence-corrected chi connectivity index (χ3v) is 5.10. The number of hydrogen-bond acceptors (Lipinski definition) is 5. The predicted octanol–water partition coefficient (Wildman–Crippen LogP) is 1.83. The fourth-order valence-corrected chi connectivity index (χ4v) is 3.02. The zero-order chi connectivity index (χ0) is 14.8. The first kappa shape index (κ1) is 20.1. The highest BCUT2D eigenvalue weighted by molar-refractivity contribution is 7.86. The van der Waals surface area contributed by atoms with Crippen LogP contribution in [0.15, 0.2) is 0 Å². The minimum Gasteiger partial charge on any atom is -0.285 e. The van der Waals surface area contributed by atoms with Gasteiger partial charge in [-0.1, -0.05) is 20.8 Å². The second kappa shape index (κ2) is 9.71. The Morgan fingerprint density at radius 2 is 1.44 bits per heavy atom. The van der Waals surface area contributed by atoms with Crippen molar-refractivity contribution in [2.24, 2.45) is 0 Å². The first-order valence-corrected chi connectivity index (χ1v) is 9.05. The topological polar surface area (TPSA) is 97.7 Å². The summed E-state index contributed by atoms with van der Waals surface area (Å²) in [5, 5.41) is -0.572. The molecular weight excluding hydrogens is 280 g/mol. The van der Waals surface area contributed by atoms with Crippen molar-refractivity contribution in [3.05, 3.63) is 0 Å². The Kier molecular flexibility index (Phi) is 10.9. The van der Waals surface area contributed by atoms with Crippen molar-refractivity contribution in [1.82, 2.24) is 0 Å². The quantitative estimate of drug-likeness (QED) is 0.569. The Morgan fingerprint density at radius 1 is 1.00 bits per heavy atom. The summed E-state index contributed by atoms with van der Waals surface area (Å²) in [6.45, 7) is 7.18. The van der Waals surface area contributed by atoms with E-state index in [-0.39, 0.29) is 12.4 Å². The molecule has 0 bridgehead atoms. The molecule has 0 heterocycles. The summed E-state index contributed by atoms with van der Waals surface area (Å²) in [5.74, 6) is 0.126. The Labute approximate surface area is 111 Å². The first-order valence-electron chi connectivity index (χ1n) is 5.97. The van der Waals surface area contributed by atoms with Crippen LogP contribution in [0.25, 0.3) is 0 Å². The van der Waals surface area contributed by atoms with E-state index >= 15 is 0 Å². The van der Waals surface area contributed by atoms with Gasteiger partial charge in [0.05, 0.1) is 17.6 Å². The summed E-state index contributed by atoms with van der Waals surface area (Å²) in [6, 6.07) is 0. The molecule has 0 unspecified atom stereocenters. The normalized spacial score (nSPS) is 12.1. The second-order valence-corrected chi connectivity index (χ2v) is 7.08. The highest BCUT2D eigenvalue weighted by atomic mass is 32.2. The molecule has 0 saturated carbocycles. The highest BCUT2D eigenvalue weighted by Gasteiger charge is 2.17. The van der Waals surface area contributed by atoms with Crippen LogP contribution in [-0.4, -0.2) is 39.0 Å². The van der Waals surface area contributed by atoms with Gasteiger partial charge in [-0.15, -0.1) is 0 Å². The highest BCUT2D eigenvalue weighted by Crippen LogP contribution is 2.06. The van der Waals surface area contributed by atoms with E-state index in [2.05, 4.69) is 4.18 Å². The molecular formula is C10H24O6S2. The molecule has 0 aromatic rings. The van der Waals surface area contributed by atoms with Gasteiger partial charge in [0, 0.05) is 0 Å². The van der Waals surface area contributed by atoms with Gasteiger partial charge in [-0.2, -0.15) is 16.8 Å². The molecule has 0 aromatic carbocycles. The van der Waals surface area contributed by atoms with E-state index in [1.807, 2.05) is 0 Å². The molecule has 0 saturated heterocycles. The number of rotatable bonds is 7. The molecule has 0 aliphatic carbocycles. The van der Waals surface area contributed by atoms with Crippen molar-refractivity contribution in [3.63, 3.8) is 0 Å². The Balaban J connectivity index is 0. The molecule has 112 valence electrons. The molecule has 0 aliphatic heterocycles. The lowest BCUT2D eigenvalue weighted by Gasteiger charge is -2.05. The van der Waals surface area contributed by atoms with Gasteiger partial charge in [0.1, 0.15) is 0 Å². The van der Waals surface area contributed by atoms with Crippen LogP contribution in [0.1, 0.15) is 47.0 Å². The molecule has 6 nitrogen and oxygen atoms in total. The van der Waals surface area contributed by atoms with E-state index in [4.69, 9.17) is 4.55 Å². The minimum atomic E-state index is -3.77. The van der Waals surface area contributed by atoms with Crippen LogP contribution < -0.4 is 0 Å². The Bertz CT molecular complexity index is 357. The zero-order valence-corrected chi connectivity index (χ0v) is 13.1. The predicted molar refractivity (Wildman–Crippen MR) is 71.6 cm³/mol. The monoisotopic (exact) mass is 304 g/mol. The molecule has 0 rings (SSSR count). The molecule has 0 radical (unpaired) electrons. The molecule has 0 aromatic heterocycles. The maximum atomic E-state index is 10.6. The van der Waals surface area contributed by atoms with Gasteiger partial charge in [0.25, 0.3) is 20.2 Å². The van der Waals surface area contributed by atoms with Gasteiger partial charge < -0.3 is 0 Å². The van der Waals surface area contributed by atoms with Gasteiger partial charge in [0.2, 0.25) is 0 Å². The average Bonchev–Trinajstić information content (AvgIpc) is 2.17. The van der Waals surface area contributed by atoms with Gasteiger partial charge >= 0.3 is 0 Å². The smallest absolute Gasteiger partial charge is 0.267 e. The standard InChI is InChI=1S/2C5H12O3S/c1-3-5-9(6,7)8-4-2;1-3-5(4-2)9(6,7)8/h3-5H2,1-2H3;5H,3-4H2,1-2H3,(H,6,7,8). The van der Waals surface area contributed by atoms with Gasteiger partial charge in [-0.25, -0.2) is 0 Å². The van der Waals surface area contributed by atoms with Crippen molar-refractivity contribution in [2.45, 2.75) is 52.2 Å². The third kappa shape index (κ3) is 10.9. The van der Waals surface area contributed by atoms with Gasteiger partial charge in [-0.05, 0) is 26.2 Å². The van der Waals surface area contributed by atoms with Crippen LogP contribution in [0.5, 0.6) is 0 Å². The van der Waals surface area contributed by atoms with Crippen molar-refractivity contribution in [2.75, 3.05) is 12.4 Å². The molecule has 18 heavy (non-hydrogen) atoms. The molecule has 0 fully saturated rings. The van der Waals surface area contributed by atoms with Gasteiger partial charge in [-0.3, -0.25) is 8.74 Å². The van der Waals surface area contributed by atoms with E-state index < -0.39 is 25.5 Å². The van der Waals surface area contributed by atoms with E-state index in [0.29, 0.717) is 19.3 Å². The van der Waals surface area contributed by atoms with Crippen LogP contribution in [0.3, 0.4) is 0 Å². The minimum absolute atomic E-state index is 0.126. The van der Waals surface area contributed by atoms with Crippen LogP contribution >= 0.6 is 0 Å². The van der Waals surface area contributed by atoms with E-state index in [1.165, 1.54) is 0 Å². The fraction of sp³-hybridized carbons (Fsp3) is 1.00. The lowest BCUT2D eigenvalue weighted by molar-refractivity contribution is 0.338. The lowest BCUT2D eigenvalue weighted by atomic mass is 10.3. The summed E-state index contributed by atoms with van der Waals surface area (Å²) in [5.41, 5.74) is 0. The van der Waals surface area contributed by atoms with Crippen molar-refractivity contribution in [3.8, 4) is 0 Å². The summed E-state index contributed by atoms with van der Waals surface area (Å²) in [7, 11) is -6.95. The van der Waals surface area contributed by atoms with Crippen LogP contribution in [0.2, 0.25) is 0 Å². The van der Waals surface area contributed by atoms with Crippen molar-refractivity contribution >= 4 is 20.2 Å². The molecule has 1 N–H and O–H groups in total. The summed E-state index contributed by atoms with van der Waals surface area (Å²) < 4.78 is 54.8. The zero-order valence-electron chi connectivity index (χ0n) is 11.4. The first-order chi connectivity index (χ1) is 8.14. The molecule has 0 atom stereocenters. The van der Waals surface area contributed by atoms with Crippen molar-refractivity contribution in [1.29, 1.82) is 0 Å². The average molecular weight is 304 g/mol. The maximum Gasteiger partial charge on any atom is 0.267 e. The molecule has 8 heteroatoms. The van der Waals surface area contributed by atoms with E-state index in [1.54, 1.807) is 27.7 Å². The summed E-state index contributed by atoms with van der Waals surface area (Å²) in [6.07, 6.45) is 1.58.